The third-order valence-corrected chi connectivity index (χ3v) is 7.01. The zero-order valence-electron chi connectivity index (χ0n) is 16.0. The van der Waals surface area contributed by atoms with Gasteiger partial charge in [-0.1, -0.05) is 26.0 Å². The molecule has 3 atom stereocenters. The Hall–Kier alpha value is -1.66. The molecule has 1 aliphatic rings. The van der Waals surface area contributed by atoms with E-state index in [1.165, 1.54) is 9.75 Å². The van der Waals surface area contributed by atoms with Gasteiger partial charge in [0.15, 0.2) is 0 Å². The van der Waals surface area contributed by atoms with Gasteiger partial charge in [-0.05, 0) is 48.6 Å². The zero-order valence-corrected chi connectivity index (χ0v) is 17.7. The fourth-order valence-electron chi connectivity index (χ4n) is 3.65. The average molecular weight is 405 g/mol. The van der Waals surface area contributed by atoms with E-state index in [-0.39, 0.29) is 29.7 Å². The largest absolute Gasteiger partial charge is 0.354 e. The SMILES string of the molecule is C[C@H](Cc1cccs1)C(=O)N1CCC[C@@H]1CNC(=O)[C@@H](C)Cc1cccs1. The van der Waals surface area contributed by atoms with Crippen molar-refractivity contribution in [2.24, 2.45) is 11.8 Å². The molecular formula is C21H28N2O2S2. The van der Waals surface area contributed by atoms with Gasteiger partial charge in [0.25, 0.3) is 0 Å². The monoisotopic (exact) mass is 404 g/mol. The molecule has 0 aromatic carbocycles. The Kier molecular flexibility index (Phi) is 7.07. The summed E-state index contributed by atoms with van der Waals surface area (Å²) in [6, 6.07) is 8.33. The Labute approximate surface area is 169 Å². The van der Waals surface area contributed by atoms with Gasteiger partial charge in [0.05, 0.1) is 0 Å². The van der Waals surface area contributed by atoms with Crippen LogP contribution in [0, 0.1) is 11.8 Å². The van der Waals surface area contributed by atoms with Gasteiger partial charge in [0, 0.05) is 40.7 Å². The van der Waals surface area contributed by atoms with Crippen molar-refractivity contribution >= 4 is 34.5 Å². The fourth-order valence-corrected chi connectivity index (χ4v) is 5.33. The number of rotatable bonds is 8. The molecule has 2 aromatic heterocycles. The maximum absolute atomic E-state index is 12.9. The molecule has 1 aliphatic heterocycles. The van der Waals surface area contributed by atoms with E-state index < -0.39 is 0 Å². The van der Waals surface area contributed by atoms with Crippen molar-refractivity contribution in [3.63, 3.8) is 0 Å². The molecule has 0 radical (unpaired) electrons. The summed E-state index contributed by atoms with van der Waals surface area (Å²) in [6.45, 7) is 5.35. The van der Waals surface area contributed by atoms with Gasteiger partial charge in [-0.25, -0.2) is 0 Å². The van der Waals surface area contributed by atoms with Crippen LogP contribution in [0.2, 0.25) is 0 Å². The summed E-state index contributed by atoms with van der Waals surface area (Å²) in [5.74, 6) is 0.228. The summed E-state index contributed by atoms with van der Waals surface area (Å²) in [4.78, 5) is 29.8. The molecule has 3 heterocycles. The van der Waals surface area contributed by atoms with Gasteiger partial charge in [0.2, 0.25) is 11.8 Å². The minimum absolute atomic E-state index is 0.0160. The summed E-state index contributed by atoms with van der Waals surface area (Å²) in [7, 11) is 0. The van der Waals surface area contributed by atoms with Crippen LogP contribution in [0.4, 0.5) is 0 Å². The minimum atomic E-state index is -0.0491. The van der Waals surface area contributed by atoms with Crippen molar-refractivity contribution in [1.82, 2.24) is 10.2 Å². The number of carbonyl (C=O) groups excluding carboxylic acids is 2. The first-order chi connectivity index (χ1) is 13.0. The lowest BCUT2D eigenvalue weighted by Gasteiger charge is -2.28. The number of hydrogen-bond donors (Lipinski definition) is 1. The molecule has 146 valence electrons. The summed E-state index contributed by atoms with van der Waals surface area (Å²) in [6.07, 6.45) is 3.55. The lowest BCUT2D eigenvalue weighted by molar-refractivity contribution is -0.136. The Morgan fingerprint density at radius 1 is 1.11 bits per heavy atom. The molecule has 6 heteroatoms. The molecule has 1 saturated heterocycles. The van der Waals surface area contributed by atoms with E-state index in [2.05, 4.69) is 22.8 Å². The third-order valence-electron chi connectivity index (χ3n) is 5.22. The predicted molar refractivity (Wildman–Crippen MR) is 112 cm³/mol. The van der Waals surface area contributed by atoms with Gasteiger partial charge in [-0.3, -0.25) is 9.59 Å². The molecule has 0 bridgehead atoms. The van der Waals surface area contributed by atoms with Crippen LogP contribution >= 0.6 is 22.7 Å². The Morgan fingerprint density at radius 3 is 2.33 bits per heavy atom. The van der Waals surface area contributed by atoms with E-state index in [9.17, 15) is 9.59 Å². The van der Waals surface area contributed by atoms with Gasteiger partial charge < -0.3 is 10.2 Å². The third kappa shape index (κ3) is 5.42. The number of likely N-dealkylation sites (tertiary alicyclic amines) is 1. The number of amides is 2. The number of nitrogens with one attached hydrogen (secondary N) is 1. The molecule has 27 heavy (non-hydrogen) atoms. The van der Waals surface area contributed by atoms with Crippen molar-refractivity contribution in [1.29, 1.82) is 0 Å². The van der Waals surface area contributed by atoms with Crippen LogP contribution < -0.4 is 5.32 Å². The molecule has 1 N–H and O–H groups in total. The smallest absolute Gasteiger partial charge is 0.226 e. The Balaban J connectivity index is 1.48. The minimum Gasteiger partial charge on any atom is -0.354 e. The predicted octanol–water partition coefficient (Wildman–Crippen LogP) is 3.97. The summed E-state index contributed by atoms with van der Waals surface area (Å²) in [5.41, 5.74) is 0. The van der Waals surface area contributed by atoms with E-state index in [4.69, 9.17) is 0 Å². The van der Waals surface area contributed by atoms with Crippen LogP contribution in [0.3, 0.4) is 0 Å². The van der Waals surface area contributed by atoms with E-state index in [1.807, 2.05) is 36.3 Å². The molecule has 0 saturated carbocycles. The summed E-state index contributed by atoms with van der Waals surface area (Å²) in [5, 5.41) is 7.17. The average Bonchev–Trinajstić information content (AvgIpc) is 3.41. The molecule has 0 spiro atoms. The molecule has 4 nitrogen and oxygen atoms in total. The fraction of sp³-hybridized carbons (Fsp3) is 0.524. The highest BCUT2D eigenvalue weighted by molar-refractivity contribution is 7.10. The van der Waals surface area contributed by atoms with Crippen molar-refractivity contribution in [3.05, 3.63) is 44.8 Å². The van der Waals surface area contributed by atoms with E-state index in [0.29, 0.717) is 6.54 Å². The lowest BCUT2D eigenvalue weighted by atomic mass is 10.0. The summed E-state index contributed by atoms with van der Waals surface area (Å²) >= 11 is 3.39. The van der Waals surface area contributed by atoms with Crippen molar-refractivity contribution in [2.45, 2.75) is 45.6 Å². The first kappa shape index (κ1) is 20.1. The number of thiophene rings is 2. The molecule has 0 aliphatic carbocycles. The second-order valence-electron chi connectivity index (χ2n) is 7.44. The van der Waals surface area contributed by atoms with Gasteiger partial charge in [-0.2, -0.15) is 0 Å². The van der Waals surface area contributed by atoms with Crippen LogP contribution in [0.25, 0.3) is 0 Å². The van der Waals surface area contributed by atoms with E-state index in [0.717, 1.165) is 32.2 Å². The van der Waals surface area contributed by atoms with Crippen LogP contribution in [0.15, 0.2) is 35.0 Å². The highest BCUT2D eigenvalue weighted by Crippen LogP contribution is 2.22. The standard InChI is InChI=1S/C21H28N2O2S2/c1-15(12-18-7-4-10-26-18)20(24)22-14-17-6-3-9-23(17)21(25)16(2)13-19-8-5-11-27-19/h4-5,7-8,10-11,15-17H,3,6,9,12-14H2,1-2H3,(H,22,24)/t15-,16+,17+/m0/s1. The summed E-state index contributed by atoms with van der Waals surface area (Å²) < 4.78 is 0. The molecule has 2 aromatic rings. The quantitative estimate of drug-likeness (QED) is 0.724. The van der Waals surface area contributed by atoms with Crippen LogP contribution in [0.1, 0.15) is 36.4 Å². The van der Waals surface area contributed by atoms with Crippen LogP contribution in [0.5, 0.6) is 0 Å². The van der Waals surface area contributed by atoms with Gasteiger partial charge >= 0.3 is 0 Å². The maximum Gasteiger partial charge on any atom is 0.226 e. The first-order valence-corrected chi connectivity index (χ1v) is 11.4. The van der Waals surface area contributed by atoms with Crippen molar-refractivity contribution < 1.29 is 9.59 Å². The molecule has 1 fully saturated rings. The molecule has 3 rings (SSSR count). The highest BCUT2D eigenvalue weighted by atomic mass is 32.1. The normalized spacial score (nSPS) is 19.0. The van der Waals surface area contributed by atoms with Gasteiger partial charge in [0.1, 0.15) is 0 Å². The maximum atomic E-state index is 12.9. The molecular weight excluding hydrogens is 376 g/mol. The number of carbonyl (C=O) groups is 2. The zero-order chi connectivity index (χ0) is 19.2. The van der Waals surface area contributed by atoms with Crippen LogP contribution in [-0.2, 0) is 22.4 Å². The van der Waals surface area contributed by atoms with E-state index in [1.54, 1.807) is 22.7 Å². The first-order valence-electron chi connectivity index (χ1n) is 9.67. The second-order valence-corrected chi connectivity index (χ2v) is 9.51. The number of nitrogens with zero attached hydrogens (tertiary/aromatic N) is 1. The van der Waals surface area contributed by atoms with Crippen molar-refractivity contribution in [3.8, 4) is 0 Å². The second kappa shape index (κ2) is 9.51. The number of hydrogen-bond acceptors (Lipinski definition) is 4. The van der Waals surface area contributed by atoms with Crippen LogP contribution in [-0.4, -0.2) is 35.8 Å². The molecule has 2 amide bonds. The highest BCUT2D eigenvalue weighted by Gasteiger charge is 2.32. The van der Waals surface area contributed by atoms with Gasteiger partial charge in [-0.15, -0.1) is 22.7 Å². The van der Waals surface area contributed by atoms with E-state index >= 15 is 0 Å². The lowest BCUT2D eigenvalue weighted by Crippen LogP contribution is -2.46. The molecule has 0 unspecified atom stereocenters. The topological polar surface area (TPSA) is 49.4 Å². The Morgan fingerprint density at radius 2 is 1.74 bits per heavy atom. The van der Waals surface area contributed by atoms with Crippen molar-refractivity contribution in [2.75, 3.05) is 13.1 Å². The Bertz CT molecular complexity index is 727.